The fraction of sp³-hybridized carbons (Fsp3) is 0.214. The van der Waals surface area contributed by atoms with Crippen molar-refractivity contribution >= 4 is 23.5 Å². The maximum Gasteiger partial charge on any atom is 0.330 e. The molecule has 0 aliphatic heterocycles. The minimum atomic E-state index is -1.15. The van der Waals surface area contributed by atoms with E-state index in [1.807, 2.05) is 0 Å². The van der Waals surface area contributed by atoms with Gasteiger partial charge in [0.1, 0.15) is 5.15 Å². The largest absolute Gasteiger partial charge is 0.479 e. The van der Waals surface area contributed by atoms with Crippen LogP contribution in [0.4, 0.5) is 0 Å². The molecule has 2 aromatic rings. The maximum absolute atomic E-state index is 12.3. The van der Waals surface area contributed by atoms with Gasteiger partial charge in [0.25, 0.3) is 5.91 Å². The summed E-state index contributed by atoms with van der Waals surface area (Å²) in [5.74, 6) is -1.71. The molecule has 0 aliphatic rings. The average molecular weight is 308 g/mol. The first-order valence-electron chi connectivity index (χ1n) is 6.19. The third-order valence-corrected chi connectivity index (χ3v) is 3.47. The Morgan fingerprint density at radius 3 is 2.43 bits per heavy atom. The van der Waals surface area contributed by atoms with E-state index in [1.165, 1.54) is 4.68 Å². The van der Waals surface area contributed by atoms with Crippen molar-refractivity contribution in [2.24, 2.45) is 7.05 Å². The van der Waals surface area contributed by atoms with Crippen LogP contribution in [0.15, 0.2) is 30.3 Å². The molecule has 1 amide bonds. The first kappa shape index (κ1) is 15.1. The highest BCUT2D eigenvalue weighted by atomic mass is 35.5. The lowest BCUT2D eigenvalue weighted by Crippen LogP contribution is -2.34. The van der Waals surface area contributed by atoms with Crippen molar-refractivity contribution in [1.29, 1.82) is 0 Å². The third-order valence-electron chi connectivity index (χ3n) is 3.03. The molecule has 1 atom stereocenters. The summed E-state index contributed by atoms with van der Waals surface area (Å²) in [5.41, 5.74) is 1.11. The van der Waals surface area contributed by atoms with Crippen LogP contribution in [-0.4, -0.2) is 26.8 Å². The predicted octanol–water partition coefficient (Wildman–Crippen LogP) is 1.94. The lowest BCUT2D eigenvalue weighted by Gasteiger charge is -2.14. The van der Waals surface area contributed by atoms with E-state index in [1.54, 1.807) is 44.3 Å². The van der Waals surface area contributed by atoms with Gasteiger partial charge >= 0.3 is 5.97 Å². The van der Waals surface area contributed by atoms with Crippen molar-refractivity contribution in [1.82, 2.24) is 15.1 Å². The van der Waals surface area contributed by atoms with Gasteiger partial charge in [-0.25, -0.2) is 4.79 Å². The van der Waals surface area contributed by atoms with Crippen molar-refractivity contribution in [3.8, 4) is 0 Å². The number of benzene rings is 1. The zero-order valence-electron chi connectivity index (χ0n) is 11.5. The molecule has 1 aromatic heterocycles. The van der Waals surface area contributed by atoms with Crippen LogP contribution in [-0.2, 0) is 11.8 Å². The monoisotopic (exact) mass is 307 g/mol. The van der Waals surface area contributed by atoms with E-state index in [4.69, 9.17) is 11.6 Å². The van der Waals surface area contributed by atoms with Gasteiger partial charge in [-0.15, -0.1) is 0 Å². The molecule has 0 fully saturated rings. The summed E-state index contributed by atoms with van der Waals surface area (Å²) in [6.45, 7) is 1.64. The van der Waals surface area contributed by atoms with Gasteiger partial charge < -0.3 is 10.4 Å². The number of nitrogens with zero attached hydrogens (tertiary/aromatic N) is 2. The Morgan fingerprint density at radius 1 is 1.33 bits per heavy atom. The minimum Gasteiger partial charge on any atom is -0.479 e. The first-order valence-corrected chi connectivity index (χ1v) is 6.57. The number of amides is 1. The van der Waals surface area contributed by atoms with Crippen molar-refractivity contribution < 1.29 is 14.7 Å². The molecule has 2 rings (SSSR count). The number of aryl methyl sites for hydroxylation is 2. The van der Waals surface area contributed by atoms with Crippen molar-refractivity contribution in [2.45, 2.75) is 13.0 Å². The maximum atomic E-state index is 12.3. The van der Waals surface area contributed by atoms with Gasteiger partial charge in [0, 0.05) is 7.05 Å². The highest BCUT2D eigenvalue weighted by molar-refractivity contribution is 6.33. The Bertz CT molecular complexity index is 682. The van der Waals surface area contributed by atoms with Crippen LogP contribution in [0.5, 0.6) is 0 Å². The van der Waals surface area contributed by atoms with E-state index in [2.05, 4.69) is 10.4 Å². The van der Waals surface area contributed by atoms with Gasteiger partial charge in [-0.1, -0.05) is 41.9 Å². The zero-order chi connectivity index (χ0) is 15.6. The van der Waals surface area contributed by atoms with E-state index in [9.17, 15) is 14.7 Å². The van der Waals surface area contributed by atoms with Crippen molar-refractivity contribution in [2.75, 3.05) is 0 Å². The second-order valence-electron chi connectivity index (χ2n) is 4.53. The van der Waals surface area contributed by atoms with Crippen LogP contribution in [0.3, 0.4) is 0 Å². The second-order valence-corrected chi connectivity index (χ2v) is 4.89. The topological polar surface area (TPSA) is 84.2 Å². The summed E-state index contributed by atoms with van der Waals surface area (Å²) in [6.07, 6.45) is 0. The highest BCUT2D eigenvalue weighted by Crippen LogP contribution is 2.20. The third kappa shape index (κ3) is 3.05. The first-order chi connectivity index (χ1) is 9.91. The summed E-state index contributed by atoms with van der Waals surface area (Å²) in [7, 11) is 1.61. The Morgan fingerprint density at radius 2 is 1.95 bits per heavy atom. The molecule has 0 bridgehead atoms. The van der Waals surface area contributed by atoms with E-state index >= 15 is 0 Å². The number of carboxylic acids is 1. The Kier molecular flexibility index (Phi) is 4.28. The normalized spacial score (nSPS) is 12.0. The van der Waals surface area contributed by atoms with Crippen LogP contribution < -0.4 is 5.32 Å². The molecule has 110 valence electrons. The van der Waals surface area contributed by atoms with Gasteiger partial charge in [0.2, 0.25) is 0 Å². The van der Waals surface area contributed by atoms with Gasteiger partial charge in [-0.3, -0.25) is 9.48 Å². The number of halogens is 1. The fourth-order valence-corrected chi connectivity index (χ4v) is 2.28. The number of carboxylic acid groups (broad SMARTS) is 1. The fourth-order valence-electron chi connectivity index (χ4n) is 2.02. The molecular formula is C14H14ClN3O3. The van der Waals surface area contributed by atoms with Gasteiger partial charge in [-0.2, -0.15) is 5.10 Å². The number of carbonyl (C=O) groups excluding carboxylic acids is 1. The standard InChI is InChI=1S/C14H14ClN3O3/c1-8-10(12(15)18(2)17-8)13(19)16-11(14(20)21)9-6-4-3-5-7-9/h3-7,11H,1-2H3,(H,16,19)(H,20,21)/t11-/m1/s1. The number of aromatic nitrogens is 2. The molecular weight excluding hydrogens is 294 g/mol. The average Bonchev–Trinajstić information content (AvgIpc) is 2.70. The lowest BCUT2D eigenvalue weighted by atomic mass is 10.1. The van der Waals surface area contributed by atoms with Crippen molar-refractivity contribution in [3.05, 3.63) is 52.3 Å². The van der Waals surface area contributed by atoms with Gasteiger partial charge in [-0.05, 0) is 12.5 Å². The summed E-state index contributed by atoms with van der Waals surface area (Å²) < 4.78 is 1.37. The molecule has 2 N–H and O–H groups in total. The number of hydrogen-bond acceptors (Lipinski definition) is 3. The number of rotatable bonds is 4. The molecule has 6 nitrogen and oxygen atoms in total. The summed E-state index contributed by atoms with van der Waals surface area (Å²) in [6, 6.07) is 7.31. The van der Waals surface area contributed by atoms with E-state index < -0.39 is 17.9 Å². The van der Waals surface area contributed by atoms with Crippen LogP contribution in [0, 0.1) is 6.92 Å². The Hall–Kier alpha value is -2.34. The highest BCUT2D eigenvalue weighted by Gasteiger charge is 2.26. The molecule has 0 saturated heterocycles. The van der Waals surface area contributed by atoms with Crippen LogP contribution >= 0.6 is 11.6 Å². The van der Waals surface area contributed by atoms with Crippen LogP contribution in [0.1, 0.15) is 27.7 Å². The molecule has 7 heteroatoms. The molecule has 1 heterocycles. The molecule has 21 heavy (non-hydrogen) atoms. The number of hydrogen-bond donors (Lipinski definition) is 2. The molecule has 0 unspecified atom stereocenters. The quantitative estimate of drug-likeness (QED) is 0.904. The van der Waals surface area contributed by atoms with E-state index in [0.717, 1.165) is 0 Å². The Balaban J connectivity index is 2.30. The van der Waals surface area contributed by atoms with Crippen LogP contribution in [0.2, 0.25) is 5.15 Å². The predicted molar refractivity (Wildman–Crippen MR) is 77.2 cm³/mol. The zero-order valence-corrected chi connectivity index (χ0v) is 12.3. The number of carbonyl (C=O) groups is 2. The SMILES string of the molecule is Cc1nn(C)c(Cl)c1C(=O)N[C@@H](C(=O)O)c1ccccc1. The molecule has 1 aromatic carbocycles. The van der Waals surface area contributed by atoms with Gasteiger partial charge in [0.15, 0.2) is 6.04 Å². The molecule has 0 saturated carbocycles. The second kappa shape index (κ2) is 5.97. The van der Waals surface area contributed by atoms with Crippen LogP contribution in [0.25, 0.3) is 0 Å². The Labute approximate surface area is 126 Å². The number of nitrogens with one attached hydrogen (secondary N) is 1. The molecule has 0 aliphatic carbocycles. The van der Waals surface area contributed by atoms with Gasteiger partial charge in [0.05, 0.1) is 11.3 Å². The minimum absolute atomic E-state index is 0.169. The summed E-state index contributed by atoms with van der Waals surface area (Å²) in [4.78, 5) is 23.6. The van der Waals surface area contributed by atoms with E-state index in [0.29, 0.717) is 11.3 Å². The van der Waals surface area contributed by atoms with Crippen molar-refractivity contribution in [3.63, 3.8) is 0 Å². The lowest BCUT2D eigenvalue weighted by molar-refractivity contribution is -0.139. The molecule has 0 radical (unpaired) electrons. The summed E-state index contributed by atoms with van der Waals surface area (Å²) >= 11 is 6.01. The van der Waals surface area contributed by atoms with E-state index in [-0.39, 0.29) is 10.7 Å². The molecule has 0 spiro atoms. The summed E-state index contributed by atoms with van der Waals surface area (Å²) in [5, 5.41) is 16.0. The smallest absolute Gasteiger partial charge is 0.330 e. The number of aliphatic carboxylic acids is 1.